The summed E-state index contributed by atoms with van der Waals surface area (Å²) < 4.78 is 0. The fourth-order valence-electron chi connectivity index (χ4n) is 0. The fourth-order valence-corrected chi connectivity index (χ4v) is 0. The van der Waals surface area contributed by atoms with Crippen molar-refractivity contribution in [2.45, 2.75) is 0 Å². The van der Waals surface area contributed by atoms with Crippen molar-refractivity contribution in [3.63, 3.8) is 0 Å². The summed E-state index contributed by atoms with van der Waals surface area (Å²) in [6.45, 7) is 0. The molecule has 4 nitrogen and oxygen atoms in total. The van der Waals surface area contributed by atoms with Crippen LogP contribution in [0.2, 0.25) is 0 Å². The van der Waals surface area contributed by atoms with E-state index in [4.69, 9.17) is 0 Å². The van der Waals surface area contributed by atoms with E-state index in [2.05, 4.69) is 0 Å². The van der Waals surface area contributed by atoms with Crippen LogP contribution >= 0.6 is 0 Å². The van der Waals surface area contributed by atoms with Crippen LogP contribution in [0.15, 0.2) is 0 Å². The van der Waals surface area contributed by atoms with Gasteiger partial charge >= 0.3 is 58.4 Å². The monoisotopic (exact) mass is 510 g/mol. The van der Waals surface area contributed by atoms with Crippen LogP contribution in [-0.4, -0.2) is 0 Å². The predicted molar refractivity (Wildman–Crippen MR) is 2.75 cm³/mol. The molecular formula is Cl4O4Ru3. The van der Waals surface area contributed by atoms with Crippen LogP contribution in [0.25, 0.3) is 0 Å². The Morgan fingerprint density at radius 2 is 0.273 bits per heavy atom. The van der Waals surface area contributed by atoms with Crippen molar-refractivity contribution in [2.75, 3.05) is 0 Å². The number of hydrogen-bond donors (Lipinski definition) is 0. The van der Waals surface area contributed by atoms with E-state index in [0.717, 1.165) is 0 Å². The van der Waals surface area contributed by atoms with Crippen molar-refractivity contribution in [2.24, 2.45) is 0 Å². The standard InChI is InChI=1S/4ClH.4O.3Ru/h4*1H;;;;;;;/q;;;;4*-2;3*+4/p-4. The molecule has 0 bridgehead atoms. The largest absolute Gasteiger partial charge is 4.00 e. The first-order chi connectivity index (χ1) is 0. The molecule has 76 valence electrons. The summed E-state index contributed by atoms with van der Waals surface area (Å²) in [5, 5.41) is 0. The van der Waals surface area contributed by atoms with Gasteiger partial charge in [-0.15, -0.1) is 0 Å². The summed E-state index contributed by atoms with van der Waals surface area (Å²) in [5.74, 6) is 0. The van der Waals surface area contributed by atoms with Crippen LogP contribution in [0.4, 0.5) is 0 Å². The predicted octanol–water partition coefficient (Wildman–Crippen LogP) is -12.5. The normalized spacial score (nSPS) is 0. The Labute approximate surface area is 129 Å². The van der Waals surface area contributed by atoms with E-state index in [-0.39, 0.29) is 130 Å². The molecule has 0 atom stereocenters. The Kier molecular flexibility index (Phi) is 5580. The van der Waals surface area contributed by atoms with E-state index in [9.17, 15) is 0 Å². The maximum Gasteiger partial charge on any atom is 4.00 e. The third-order valence-electron chi connectivity index (χ3n) is 0. The summed E-state index contributed by atoms with van der Waals surface area (Å²) in [6.07, 6.45) is 0. The summed E-state index contributed by atoms with van der Waals surface area (Å²) in [6, 6.07) is 0. The second-order valence-corrected chi connectivity index (χ2v) is 0. The Bertz CT molecular complexity index is 17.3. The van der Waals surface area contributed by atoms with Crippen molar-refractivity contribution < 1.29 is 130 Å². The van der Waals surface area contributed by atoms with Gasteiger partial charge in [0.05, 0.1) is 0 Å². The molecular weight excluding hydrogens is 509 g/mol. The van der Waals surface area contributed by atoms with Crippen molar-refractivity contribution in [1.82, 2.24) is 0 Å². The van der Waals surface area contributed by atoms with Gasteiger partial charge in [0, 0.05) is 0 Å². The van der Waals surface area contributed by atoms with E-state index in [1.54, 1.807) is 0 Å². The minimum Gasteiger partial charge on any atom is -2.00 e. The van der Waals surface area contributed by atoms with Crippen LogP contribution < -0.4 is 49.6 Å². The molecule has 11 heavy (non-hydrogen) atoms. The van der Waals surface area contributed by atoms with Crippen molar-refractivity contribution in [1.29, 1.82) is 0 Å². The summed E-state index contributed by atoms with van der Waals surface area (Å²) in [5.41, 5.74) is 0. The summed E-state index contributed by atoms with van der Waals surface area (Å²) in [7, 11) is 0. The van der Waals surface area contributed by atoms with Gasteiger partial charge < -0.3 is 71.5 Å². The molecule has 0 unspecified atom stereocenters. The van der Waals surface area contributed by atoms with Gasteiger partial charge in [-0.1, -0.05) is 0 Å². The topological polar surface area (TPSA) is 114 Å². The molecule has 0 radical (unpaired) electrons. The summed E-state index contributed by atoms with van der Waals surface area (Å²) >= 11 is 0. The molecule has 0 aromatic heterocycles. The molecule has 0 aliphatic rings. The van der Waals surface area contributed by atoms with Gasteiger partial charge in [0.2, 0.25) is 0 Å². The molecule has 0 aromatic carbocycles. The van der Waals surface area contributed by atoms with E-state index in [0.29, 0.717) is 0 Å². The Hall–Kier alpha value is 2.87. The average Bonchev–Trinajstić information content (AvgIpc) is 0. The first kappa shape index (κ1) is 279. The molecule has 0 rings (SSSR count). The van der Waals surface area contributed by atoms with E-state index in [1.807, 2.05) is 0 Å². The molecule has 0 saturated heterocycles. The smallest absolute Gasteiger partial charge is 2.00 e. The van der Waals surface area contributed by atoms with Gasteiger partial charge in [-0.25, -0.2) is 0 Å². The number of hydrogen-bond acceptors (Lipinski definition) is 0. The Morgan fingerprint density at radius 3 is 0.273 bits per heavy atom. The van der Waals surface area contributed by atoms with Crippen LogP contribution in [-0.2, 0) is 80.3 Å². The Balaban J connectivity index is 0. The molecule has 11 heteroatoms. The maximum atomic E-state index is 0. The van der Waals surface area contributed by atoms with Gasteiger partial charge in [-0.3, -0.25) is 0 Å². The second-order valence-electron chi connectivity index (χ2n) is 0. The first-order valence-electron chi connectivity index (χ1n) is 0. The van der Waals surface area contributed by atoms with Crippen molar-refractivity contribution in [3.05, 3.63) is 0 Å². The van der Waals surface area contributed by atoms with Crippen molar-refractivity contribution >= 4 is 0 Å². The molecule has 0 N–H and O–H groups in total. The molecule has 0 aliphatic carbocycles. The Morgan fingerprint density at radius 1 is 0.273 bits per heavy atom. The number of rotatable bonds is 0. The minimum atomic E-state index is 0. The van der Waals surface area contributed by atoms with Gasteiger partial charge in [-0.2, -0.15) is 0 Å². The molecule has 0 aliphatic heterocycles. The second kappa shape index (κ2) is 220. The van der Waals surface area contributed by atoms with Gasteiger partial charge in [0.1, 0.15) is 0 Å². The van der Waals surface area contributed by atoms with Crippen LogP contribution in [0.1, 0.15) is 0 Å². The van der Waals surface area contributed by atoms with Gasteiger partial charge in [0.25, 0.3) is 0 Å². The molecule has 0 heterocycles. The van der Waals surface area contributed by atoms with E-state index < -0.39 is 0 Å². The zero-order valence-electron chi connectivity index (χ0n) is 4.21. The van der Waals surface area contributed by atoms with Gasteiger partial charge in [0.15, 0.2) is 0 Å². The quantitative estimate of drug-likeness (QED) is 0.289. The third kappa shape index (κ3) is 185. The van der Waals surface area contributed by atoms with Crippen LogP contribution in [0.3, 0.4) is 0 Å². The molecule has 0 saturated carbocycles. The van der Waals surface area contributed by atoms with E-state index >= 15 is 0 Å². The number of halogens is 4. The van der Waals surface area contributed by atoms with E-state index in [1.165, 1.54) is 0 Å². The van der Waals surface area contributed by atoms with Crippen LogP contribution in [0, 0.1) is 0 Å². The fraction of sp³-hybridized carbons (Fsp3) is 0. The zero-order chi connectivity index (χ0) is 0. The van der Waals surface area contributed by atoms with Crippen molar-refractivity contribution in [3.8, 4) is 0 Å². The molecule has 0 spiro atoms. The van der Waals surface area contributed by atoms with Gasteiger partial charge in [-0.05, 0) is 0 Å². The third-order valence-corrected chi connectivity index (χ3v) is 0. The summed E-state index contributed by atoms with van der Waals surface area (Å²) in [4.78, 5) is 0. The molecule has 0 amide bonds. The minimum absolute atomic E-state index is 0. The molecule has 0 aromatic rings. The maximum absolute atomic E-state index is 0. The molecule has 0 fully saturated rings. The average molecular weight is 509 g/mol. The zero-order valence-corrected chi connectivity index (χ0v) is 12.4. The SMILES string of the molecule is [Cl-].[Cl-].[Cl-].[Cl-].[O-2].[O-2].[O-2].[O-2].[Ru+4].[Ru+4].[Ru+4]. The van der Waals surface area contributed by atoms with Crippen LogP contribution in [0.5, 0.6) is 0 Å². The first-order valence-corrected chi connectivity index (χ1v) is 0.